The fraction of sp³-hybridized carbons (Fsp3) is 0.611. The summed E-state index contributed by atoms with van der Waals surface area (Å²) in [6.45, 7) is 5.59. The van der Waals surface area contributed by atoms with E-state index in [1.54, 1.807) is 11.8 Å². The van der Waals surface area contributed by atoms with Crippen LogP contribution < -0.4 is 0 Å². The van der Waals surface area contributed by atoms with Gasteiger partial charge in [-0.15, -0.1) is 11.8 Å². The van der Waals surface area contributed by atoms with Gasteiger partial charge in [-0.2, -0.15) is 0 Å². The minimum absolute atomic E-state index is 0.137. The van der Waals surface area contributed by atoms with E-state index in [2.05, 4.69) is 13.8 Å². The van der Waals surface area contributed by atoms with Crippen LogP contribution >= 0.6 is 11.8 Å². The van der Waals surface area contributed by atoms with Gasteiger partial charge in [0.25, 0.3) is 0 Å². The largest absolute Gasteiger partial charge is 0.359 e. The van der Waals surface area contributed by atoms with Crippen molar-refractivity contribution in [2.24, 2.45) is 23.2 Å². The van der Waals surface area contributed by atoms with Gasteiger partial charge in [-0.3, -0.25) is 4.79 Å². The van der Waals surface area contributed by atoms with Crippen LogP contribution in [0, 0.1) is 23.2 Å². The monoisotopic (exact) mass is 302 g/mol. The molecule has 2 nitrogen and oxygen atoms in total. The summed E-state index contributed by atoms with van der Waals surface area (Å²) in [5.74, 6) is 2.43. The number of ether oxygens (including phenoxy) is 1. The molecule has 112 valence electrons. The number of ketones is 1. The number of carbonyl (C=O) groups is 1. The SMILES string of the molecule is CC1(C)C2CC3SC(C(=O)c4ccccc4)OCC3C1C2. The van der Waals surface area contributed by atoms with Gasteiger partial charge >= 0.3 is 0 Å². The highest BCUT2D eigenvalue weighted by atomic mass is 32.2. The molecule has 4 fully saturated rings. The lowest BCUT2D eigenvalue weighted by molar-refractivity contribution is -0.125. The maximum Gasteiger partial charge on any atom is 0.201 e. The van der Waals surface area contributed by atoms with Crippen molar-refractivity contribution in [3.8, 4) is 0 Å². The van der Waals surface area contributed by atoms with E-state index in [9.17, 15) is 4.79 Å². The molecular weight excluding hydrogens is 280 g/mol. The summed E-state index contributed by atoms with van der Waals surface area (Å²) < 4.78 is 5.97. The zero-order valence-corrected chi connectivity index (χ0v) is 13.4. The third-order valence-electron chi connectivity index (χ3n) is 6.07. The van der Waals surface area contributed by atoms with Crippen LogP contribution in [0.1, 0.15) is 37.0 Å². The van der Waals surface area contributed by atoms with Crippen molar-refractivity contribution in [2.45, 2.75) is 37.4 Å². The van der Waals surface area contributed by atoms with E-state index in [4.69, 9.17) is 4.74 Å². The van der Waals surface area contributed by atoms with Crippen molar-refractivity contribution in [1.29, 1.82) is 0 Å². The lowest BCUT2D eigenvalue weighted by Gasteiger charge is -2.63. The zero-order chi connectivity index (χ0) is 14.6. The molecule has 2 bridgehead atoms. The van der Waals surface area contributed by atoms with E-state index < -0.39 is 0 Å². The van der Waals surface area contributed by atoms with Gasteiger partial charge in [0.15, 0.2) is 5.44 Å². The first-order chi connectivity index (χ1) is 10.1. The Bertz CT molecular complexity index is 554. The first-order valence-electron chi connectivity index (χ1n) is 7.93. The Morgan fingerprint density at radius 2 is 2.00 bits per heavy atom. The predicted molar refractivity (Wildman–Crippen MR) is 85.4 cm³/mol. The van der Waals surface area contributed by atoms with Crippen molar-refractivity contribution >= 4 is 17.5 Å². The number of benzene rings is 1. The second kappa shape index (κ2) is 4.85. The molecule has 5 unspecified atom stereocenters. The summed E-state index contributed by atoms with van der Waals surface area (Å²) >= 11 is 1.78. The minimum Gasteiger partial charge on any atom is -0.359 e. The first kappa shape index (κ1) is 13.8. The summed E-state index contributed by atoms with van der Waals surface area (Å²) in [6.07, 6.45) is 2.64. The van der Waals surface area contributed by atoms with Gasteiger partial charge in [-0.05, 0) is 36.0 Å². The summed E-state index contributed by atoms with van der Waals surface area (Å²) in [4.78, 5) is 12.5. The van der Waals surface area contributed by atoms with Crippen LogP contribution in [0.2, 0.25) is 0 Å². The zero-order valence-electron chi connectivity index (χ0n) is 12.6. The molecule has 4 aliphatic rings. The number of carbonyl (C=O) groups excluding carboxylic acids is 1. The molecule has 3 saturated carbocycles. The van der Waals surface area contributed by atoms with E-state index in [-0.39, 0.29) is 11.2 Å². The second-order valence-corrected chi connectivity index (χ2v) is 8.64. The molecule has 5 rings (SSSR count). The summed E-state index contributed by atoms with van der Waals surface area (Å²) in [5, 5.41) is 0.619. The van der Waals surface area contributed by atoms with Crippen LogP contribution in [-0.4, -0.2) is 23.1 Å². The molecule has 1 saturated heterocycles. The average molecular weight is 302 g/mol. The van der Waals surface area contributed by atoms with E-state index >= 15 is 0 Å². The molecule has 0 N–H and O–H groups in total. The lowest BCUT2D eigenvalue weighted by atomic mass is 9.45. The van der Waals surface area contributed by atoms with Crippen LogP contribution in [-0.2, 0) is 4.74 Å². The van der Waals surface area contributed by atoms with Gasteiger partial charge < -0.3 is 4.74 Å². The summed E-state index contributed by atoms with van der Waals surface area (Å²) in [5.41, 5.74) is 0.963. The van der Waals surface area contributed by atoms with Gasteiger partial charge in [0.1, 0.15) is 0 Å². The van der Waals surface area contributed by atoms with Crippen molar-refractivity contribution < 1.29 is 9.53 Å². The van der Waals surface area contributed by atoms with Crippen molar-refractivity contribution in [2.75, 3.05) is 6.61 Å². The number of rotatable bonds is 2. The Hall–Kier alpha value is -0.800. The van der Waals surface area contributed by atoms with Crippen molar-refractivity contribution in [3.05, 3.63) is 35.9 Å². The number of hydrogen-bond acceptors (Lipinski definition) is 3. The molecule has 5 atom stereocenters. The third kappa shape index (κ3) is 2.08. The van der Waals surface area contributed by atoms with Gasteiger partial charge in [0, 0.05) is 10.8 Å². The Labute approximate surface area is 130 Å². The second-order valence-electron chi connectivity index (χ2n) is 7.33. The Balaban J connectivity index is 1.48. The van der Waals surface area contributed by atoms with E-state index in [0.717, 1.165) is 24.0 Å². The van der Waals surface area contributed by atoms with E-state index in [1.807, 2.05) is 30.3 Å². The van der Waals surface area contributed by atoms with Crippen LogP contribution in [0.4, 0.5) is 0 Å². The molecular formula is C18H22O2S. The molecule has 0 spiro atoms. The Morgan fingerprint density at radius 1 is 1.24 bits per heavy atom. The molecule has 1 heterocycles. The molecule has 0 amide bonds. The average Bonchev–Trinajstić information content (AvgIpc) is 2.53. The lowest BCUT2D eigenvalue weighted by Crippen LogP contribution is -2.59. The first-order valence-corrected chi connectivity index (χ1v) is 8.88. The highest BCUT2D eigenvalue weighted by Crippen LogP contribution is 2.64. The standard InChI is InChI=1S/C18H22O2S/c1-18(2)12-8-14(18)13-10-20-17(21-15(13)9-12)16(19)11-6-4-3-5-7-11/h3-7,12-15,17H,8-10H2,1-2H3. The minimum atomic E-state index is -0.297. The predicted octanol–water partition coefficient (Wildman–Crippen LogP) is 4.01. The molecule has 1 aromatic carbocycles. The maximum absolute atomic E-state index is 12.5. The number of thioether (sulfide) groups is 1. The molecule has 0 radical (unpaired) electrons. The molecule has 21 heavy (non-hydrogen) atoms. The quantitative estimate of drug-likeness (QED) is 0.772. The molecule has 0 aromatic heterocycles. The number of Topliss-reactive ketones (excluding diaryl/α,β-unsaturated/α-hetero) is 1. The van der Waals surface area contributed by atoms with Gasteiger partial charge in [0.05, 0.1) is 6.61 Å². The normalized spacial score (nSPS) is 40.0. The smallest absolute Gasteiger partial charge is 0.201 e. The van der Waals surface area contributed by atoms with Crippen LogP contribution in [0.25, 0.3) is 0 Å². The summed E-state index contributed by atoms with van der Waals surface area (Å²) in [6, 6.07) is 9.56. The fourth-order valence-electron chi connectivity index (χ4n) is 4.55. The Morgan fingerprint density at radius 3 is 2.71 bits per heavy atom. The van der Waals surface area contributed by atoms with Gasteiger partial charge in [-0.1, -0.05) is 44.2 Å². The Kier molecular flexibility index (Phi) is 3.20. The highest BCUT2D eigenvalue weighted by molar-refractivity contribution is 8.01. The van der Waals surface area contributed by atoms with Crippen LogP contribution in [0.5, 0.6) is 0 Å². The van der Waals surface area contributed by atoms with Gasteiger partial charge in [-0.25, -0.2) is 0 Å². The molecule has 1 aliphatic heterocycles. The highest BCUT2D eigenvalue weighted by Gasteiger charge is 2.59. The number of hydrogen-bond donors (Lipinski definition) is 0. The fourth-order valence-corrected chi connectivity index (χ4v) is 6.10. The molecule has 1 aromatic rings. The van der Waals surface area contributed by atoms with Crippen LogP contribution in [0.3, 0.4) is 0 Å². The third-order valence-corrected chi connectivity index (χ3v) is 7.56. The van der Waals surface area contributed by atoms with Gasteiger partial charge in [0.2, 0.25) is 5.78 Å². The van der Waals surface area contributed by atoms with E-state index in [0.29, 0.717) is 16.6 Å². The van der Waals surface area contributed by atoms with Crippen molar-refractivity contribution in [1.82, 2.24) is 0 Å². The van der Waals surface area contributed by atoms with Crippen LogP contribution in [0.15, 0.2) is 30.3 Å². The van der Waals surface area contributed by atoms with E-state index in [1.165, 1.54) is 12.8 Å². The topological polar surface area (TPSA) is 26.3 Å². The maximum atomic E-state index is 12.5. The molecule has 3 aliphatic carbocycles. The summed E-state index contributed by atoms with van der Waals surface area (Å²) in [7, 11) is 0. The van der Waals surface area contributed by atoms with Crippen molar-refractivity contribution in [3.63, 3.8) is 0 Å². The molecule has 3 heteroatoms.